The van der Waals surface area contributed by atoms with Gasteiger partial charge in [0, 0.05) is 45.1 Å². The summed E-state index contributed by atoms with van der Waals surface area (Å²) < 4.78 is 20.6. The molecule has 3 rings (SSSR count). The summed E-state index contributed by atoms with van der Waals surface area (Å²) >= 11 is 6.14. The first kappa shape index (κ1) is 18.0. The summed E-state index contributed by atoms with van der Waals surface area (Å²) in [5.74, 6) is -1.03. The van der Waals surface area contributed by atoms with Crippen LogP contribution in [0.2, 0.25) is 5.02 Å². The molecular weight excluding hydrogens is 343 g/mol. The number of benzene rings is 1. The fourth-order valence-corrected chi connectivity index (χ4v) is 3.30. The van der Waals surface area contributed by atoms with Crippen LogP contribution in [0.1, 0.15) is 50.1 Å². The highest BCUT2D eigenvalue weighted by Gasteiger charge is 2.26. The predicted octanol–water partition coefficient (Wildman–Crippen LogP) is 4.43. The van der Waals surface area contributed by atoms with E-state index in [-0.39, 0.29) is 25.5 Å². The van der Waals surface area contributed by atoms with Crippen LogP contribution in [-0.2, 0) is 4.74 Å². The van der Waals surface area contributed by atoms with Gasteiger partial charge in [-0.3, -0.25) is 9.78 Å². The van der Waals surface area contributed by atoms with Gasteiger partial charge in [0.1, 0.15) is 5.82 Å². The smallest absolute Gasteiger partial charge is 0.199 e. The molecule has 2 aromatic rings. The highest BCUT2D eigenvalue weighted by molar-refractivity contribution is 6.35. The Labute approximate surface area is 154 Å². The molecule has 0 bridgehead atoms. The Morgan fingerprint density at radius 3 is 3.00 bits per heavy atom. The molecule has 0 saturated carbocycles. The molecule has 0 spiro atoms. The van der Waals surface area contributed by atoms with Crippen LogP contribution in [0.3, 0.4) is 0 Å². The molecule has 1 aromatic carbocycles. The van der Waals surface area contributed by atoms with Crippen molar-refractivity contribution in [2.45, 2.75) is 31.8 Å². The molecule has 0 amide bonds. The normalized spacial score (nSPS) is 18.3. The van der Waals surface area contributed by atoms with Gasteiger partial charge in [-0.2, -0.15) is 0 Å². The minimum absolute atomic E-state index is 0. The lowest BCUT2D eigenvalue weighted by Gasteiger charge is -2.23. The molecule has 6 heteroatoms. The lowest BCUT2D eigenvalue weighted by Crippen LogP contribution is -2.33. The first-order valence-corrected chi connectivity index (χ1v) is 8.76. The number of rotatable bonds is 6. The number of hydrogen-bond acceptors (Lipinski definition) is 4. The summed E-state index contributed by atoms with van der Waals surface area (Å²) in [6.07, 6.45) is 4.56. The quantitative estimate of drug-likeness (QED) is 0.768. The second kappa shape index (κ2) is 8.04. The number of carbonyl (C=O) groups excluding carboxylic acids is 1. The second-order valence-corrected chi connectivity index (χ2v) is 6.49. The molecule has 136 valence electrons. The Balaban J connectivity index is 0.00000182. The molecular formula is C19H24ClFN2O2. The summed E-state index contributed by atoms with van der Waals surface area (Å²) in [5, 5.41) is 3.52. The van der Waals surface area contributed by atoms with E-state index in [0.29, 0.717) is 30.8 Å². The van der Waals surface area contributed by atoms with Crippen molar-refractivity contribution >= 4 is 17.4 Å². The molecule has 1 saturated heterocycles. The van der Waals surface area contributed by atoms with E-state index >= 15 is 4.39 Å². The zero-order valence-electron chi connectivity index (χ0n) is 14.0. The van der Waals surface area contributed by atoms with E-state index in [1.165, 1.54) is 6.20 Å². The molecule has 1 aliphatic heterocycles. The summed E-state index contributed by atoms with van der Waals surface area (Å²) in [6.45, 7) is 3.30. The van der Waals surface area contributed by atoms with E-state index in [1.54, 1.807) is 30.5 Å². The largest absolute Gasteiger partial charge is 0.380 e. The third-order valence-electron chi connectivity index (χ3n) is 4.42. The average molecular weight is 367 g/mol. The SMILES string of the molecule is CC[C@@H](N[C@@H]1CCOC1)c1ccc(Cl)c(C(=O)c2cccnc2)c1F.[HH].[HH]. The zero-order chi connectivity index (χ0) is 17.8. The van der Waals surface area contributed by atoms with Crippen molar-refractivity contribution in [1.82, 2.24) is 10.3 Å². The molecule has 1 N–H and O–H groups in total. The highest BCUT2D eigenvalue weighted by Crippen LogP contribution is 2.30. The molecule has 1 aromatic heterocycles. The van der Waals surface area contributed by atoms with Gasteiger partial charge in [0.15, 0.2) is 5.78 Å². The fourth-order valence-electron chi connectivity index (χ4n) is 3.07. The first-order chi connectivity index (χ1) is 12.1. The Bertz CT molecular complexity index is 759. The number of aromatic nitrogens is 1. The summed E-state index contributed by atoms with van der Waals surface area (Å²) in [4.78, 5) is 16.6. The third kappa shape index (κ3) is 3.89. The van der Waals surface area contributed by atoms with Gasteiger partial charge >= 0.3 is 0 Å². The van der Waals surface area contributed by atoms with E-state index in [1.807, 2.05) is 6.92 Å². The molecule has 2 atom stereocenters. The van der Waals surface area contributed by atoms with Crippen LogP contribution in [0.15, 0.2) is 36.7 Å². The van der Waals surface area contributed by atoms with Crippen molar-refractivity contribution in [3.63, 3.8) is 0 Å². The molecule has 4 nitrogen and oxygen atoms in total. The number of hydrogen-bond donors (Lipinski definition) is 1. The van der Waals surface area contributed by atoms with E-state index in [0.717, 1.165) is 6.42 Å². The predicted molar refractivity (Wildman–Crippen MR) is 98.7 cm³/mol. The van der Waals surface area contributed by atoms with E-state index < -0.39 is 11.6 Å². The number of carbonyl (C=O) groups is 1. The van der Waals surface area contributed by atoms with Crippen LogP contribution < -0.4 is 5.32 Å². The van der Waals surface area contributed by atoms with Crippen molar-refractivity contribution in [2.75, 3.05) is 13.2 Å². The molecule has 0 unspecified atom stereocenters. The average Bonchev–Trinajstić information content (AvgIpc) is 3.14. The zero-order valence-corrected chi connectivity index (χ0v) is 14.7. The summed E-state index contributed by atoms with van der Waals surface area (Å²) in [5.41, 5.74) is 0.659. The lowest BCUT2D eigenvalue weighted by molar-refractivity contribution is 0.103. The van der Waals surface area contributed by atoms with Crippen LogP contribution >= 0.6 is 11.6 Å². The van der Waals surface area contributed by atoms with Crippen molar-refractivity contribution in [1.29, 1.82) is 0 Å². The van der Waals surface area contributed by atoms with Gasteiger partial charge in [0.25, 0.3) is 0 Å². The number of halogens is 2. The molecule has 25 heavy (non-hydrogen) atoms. The van der Waals surface area contributed by atoms with Gasteiger partial charge in [-0.15, -0.1) is 0 Å². The minimum atomic E-state index is -0.570. The monoisotopic (exact) mass is 366 g/mol. The van der Waals surface area contributed by atoms with Crippen LogP contribution in [0.25, 0.3) is 0 Å². The van der Waals surface area contributed by atoms with Crippen LogP contribution in [0, 0.1) is 5.82 Å². The Hall–Kier alpha value is -1.82. The summed E-state index contributed by atoms with van der Waals surface area (Å²) in [6, 6.07) is 6.46. The fraction of sp³-hybridized carbons (Fsp3) is 0.368. The molecule has 1 fully saturated rings. The highest BCUT2D eigenvalue weighted by atomic mass is 35.5. The van der Waals surface area contributed by atoms with Crippen molar-refractivity contribution < 1.29 is 16.8 Å². The van der Waals surface area contributed by atoms with Crippen molar-refractivity contribution in [3.05, 3.63) is 64.2 Å². The van der Waals surface area contributed by atoms with Gasteiger partial charge in [0.05, 0.1) is 17.2 Å². The Kier molecular flexibility index (Phi) is 5.78. The molecule has 0 aliphatic carbocycles. The maximum Gasteiger partial charge on any atom is 0.199 e. The summed E-state index contributed by atoms with van der Waals surface area (Å²) in [7, 11) is 0. The topological polar surface area (TPSA) is 51.2 Å². The minimum Gasteiger partial charge on any atom is -0.380 e. The first-order valence-electron chi connectivity index (χ1n) is 8.38. The maximum absolute atomic E-state index is 15.2. The van der Waals surface area contributed by atoms with Gasteiger partial charge in [0.2, 0.25) is 0 Å². The second-order valence-electron chi connectivity index (χ2n) is 6.08. The van der Waals surface area contributed by atoms with Gasteiger partial charge in [-0.05, 0) is 31.0 Å². The van der Waals surface area contributed by atoms with Gasteiger partial charge < -0.3 is 10.1 Å². The number of pyridine rings is 1. The molecule has 1 aliphatic rings. The van der Waals surface area contributed by atoms with Crippen LogP contribution in [0.4, 0.5) is 4.39 Å². The van der Waals surface area contributed by atoms with E-state index in [4.69, 9.17) is 16.3 Å². The lowest BCUT2D eigenvalue weighted by atomic mass is 9.96. The Morgan fingerprint density at radius 2 is 2.36 bits per heavy atom. The van der Waals surface area contributed by atoms with Gasteiger partial charge in [-0.25, -0.2) is 4.39 Å². The van der Waals surface area contributed by atoms with E-state index in [2.05, 4.69) is 10.3 Å². The third-order valence-corrected chi connectivity index (χ3v) is 4.74. The molecule has 2 heterocycles. The van der Waals surface area contributed by atoms with Crippen LogP contribution in [0.5, 0.6) is 0 Å². The standard InChI is InChI=1S/C19H20ClFN2O2.2H2/c1-2-16(23-13-7-9-25-11-13)14-5-6-15(20)17(18(14)21)19(24)12-4-3-8-22-10-12;;/h3-6,8,10,13,16,23H,2,7,9,11H2,1H3;2*1H/t13-,16-;;/m1../s1. The number of nitrogens with zero attached hydrogens (tertiary/aromatic N) is 1. The van der Waals surface area contributed by atoms with Gasteiger partial charge in [-0.1, -0.05) is 24.6 Å². The number of ketones is 1. The molecule has 0 radical (unpaired) electrons. The maximum atomic E-state index is 15.2. The number of nitrogens with one attached hydrogen (secondary N) is 1. The van der Waals surface area contributed by atoms with Crippen molar-refractivity contribution in [3.8, 4) is 0 Å². The number of ether oxygens (including phenoxy) is 1. The van der Waals surface area contributed by atoms with E-state index in [9.17, 15) is 4.79 Å². The van der Waals surface area contributed by atoms with Crippen LogP contribution in [-0.4, -0.2) is 30.0 Å². The van der Waals surface area contributed by atoms with Crippen molar-refractivity contribution in [2.24, 2.45) is 0 Å². The Morgan fingerprint density at radius 1 is 1.52 bits per heavy atom.